The maximum Gasteiger partial charge on any atom is 0.310 e. The van der Waals surface area contributed by atoms with Gasteiger partial charge in [0.05, 0.1) is 12.5 Å². The van der Waals surface area contributed by atoms with E-state index in [1.165, 1.54) is 11.1 Å². The number of esters is 1. The van der Waals surface area contributed by atoms with E-state index in [2.05, 4.69) is 53.4 Å². The van der Waals surface area contributed by atoms with Gasteiger partial charge in [0.25, 0.3) is 0 Å². The summed E-state index contributed by atoms with van der Waals surface area (Å²) >= 11 is 0. The molecule has 0 spiro atoms. The zero-order valence-electron chi connectivity index (χ0n) is 14.2. The molecule has 0 unspecified atom stereocenters. The monoisotopic (exact) mass is 323 g/mol. The highest BCUT2D eigenvalue weighted by atomic mass is 16.5. The SMILES string of the molecule is CCOC(=O)[C@@H]1CN(Cc2ccccc2)C[C@H]1Cc1ccccc1. The number of hydrogen-bond acceptors (Lipinski definition) is 3. The minimum atomic E-state index is -0.0472. The summed E-state index contributed by atoms with van der Waals surface area (Å²) in [6, 6.07) is 20.9. The number of carbonyl (C=O) groups excluding carboxylic acids is 1. The van der Waals surface area contributed by atoms with Crippen LogP contribution < -0.4 is 0 Å². The second-order valence-electron chi connectivity index (χ2n) is 6.49. The van der Waals surface area contributed by atoms with E-state index >= 15 is 0 Å². The lowest BCUT2D eigenvalue weighted by molar-refractivity contribution is -0.148. The van der Waals surface area contributed by atoms with Crippen LogP contribution in [0.2, 0.25) is 0 Å². The van der Waals surface area contributed by atoms with Crippen molar-refractivity contribution in [3.8, 4) is 0 Å². The number of rotatable bonds is 6. The number of likely N-dealkylation sites (tertiary alicyclic amines) is 1. The second-order valence-corrected chi connectivity index (χ2v) is 6.49. The molecule has 0 bridgehead atoms. The van der Waals surface area contributed by atoms with Crippen molar-refractivity contribution in [2.24, 2.45) is 11.8 Å². The van der Waals surface area contributed by atoms with Crippen LogP contribution in [-0.2, 0) is 22.5 Å². The van der Waals surface area contributed by atoms with E-state index in [1.54, 1.807) is 0 Å². The summed E-state index contributed by atoms with van der Waals surface area (Å²) in [4.78, 5) is 14.8. The highest BCUT2D eigenvalue weighted by Crippen LogP contribution is 2.29. The number of carbonyl (C=O) groups is 1. The summed E-state index contributed by atoms with van der Waals surface area (Å²) in [5, 5.41) is 0. The molecule has 0 aliphatic carbocycles. The molecule has 2 atom stereocenters. The topological polar surface area (TPSA) is 29.5 Å². The van der Waals surface area contributed by atoms with E-state index < -0.39 is 0 Å². The molecule has 2 aromatic carbocycles. The number of hydrogen-bond donors (Lipinski definition) is 0. The molecule has 0 N–H and O–H groups in total. The van der Waals surface area contributed by atoms with Gasteiger partial charge in [0.2, 0.25) is 0 Å². The molecule has 0 saturated carbocycles. The fraction of sp³-hybridized carbons (Fsp3) is 0.381. The fourth-order valence-electron chi connectivity index (χ4n) is 3.57. The van der Waals surface area contributed by atoms with Gasteiger partial charge in [0.15, 0.2) is 0 Å². The van der Waals surface area contributed by atoms with Gasteiger partial charge in [0.1, 0.15) is 0 Å². The van der Waals surface area contributed by atoms with Crippen molar-refractivity contribution in [1.82, 2.24) is 4.90 Å². The van der Waals surface area contributed by atoms with E-state index in [0.717, 1.165) is 26.1 Å². The van der Waals surface area contributed by atoms with Gasteiger partial charge in [-0.25, -0.2) is 0 Å². The number of benzene rings is 2. The van der Waals surface area contributed by atoms with Crippen molar-refractivity contribution in [3.63, 3.8) is 0 Å². The minimum absolute atomic E-state index is 0.0335. The van der Waals surface area contributed by atoms with Crippen LogP contribution in [0.15, 0.2) is 60.7 Å². The van der Waals surface area contributed by atoms with Gasteiger partial charge in [-0.1, -0.05) is 60.7 Å². The van der Waals surface area contributed by atoms with Gasteiger partial charge < -0.3 is 4.74 Å². The lowest BCUT2D eigenvalue weighted by Gasteiger charge is -2.17. The quantitative estimate of drug-likeness (QED) is 0.762. The molecular formula is C21H25NO2. The Morgan fingerprint density at radius 2 is 1.62 bits per heavy atom. The van der Waals surface area contributed by atoms with Crippen molar-refractivity contribution in [2.75, 3.05) is 19.7 Å². The molecule has 1 saturated heterocycles. The first-order valence-corrected chi connectivity index (χ1v) is 8.73. The standard InChI is InChI=1S/C21H25NO2/c1-2-24-21(23)20-16-22(14-18-11-7-4-8-12-18)15-19(20)13-17-9-5-3-6-10-17/h3-12,19-20H,2,13-16H2,1H3/t19-,20-/m1/s1. The molecular weight excluding hydrogens is 298 g/mol. The molecule has 1 aliphatic heterocycles. The third kappa shape index (κ3) is 4.24. The third-order valence-electron chi connectivity index (χ3n) is 4.70. The summed E-state index contributed by atoms with van der Waals surface area (Å²) in [6.07, 6.45) is 0.926. The maximum absolute atomic E-state index is 12.4. The molecule has 24 heavy (non-hydrogen) atoms. The van der Waals surface area contributed by atoms with Gasteiger partial charge in [-0.15, -0.1) is 0 Å². The van der Waals surface area contributed by atoms with Crippen LogP contribution in [0.5, 0.6) is 0 Å². The maximum atomic E-state index is 12.4. The van der Waals surface area contributed by atoms with Crippen LogP contribution in [-0.4, -0.2) is 30.6 Å². The Balaban J connectivity index is 1.70. The molecule has 126 valence electrons. The van der Waals surface area contributed by atoms with E-state index in [9.17, 15) is 4.79 Å². The molecule has 1 heterocycles. The lowest BCUT2D eigenvalue weighted by atomic mass is 9.90. The lowest BCUT2D eigenvalue weighted by Crippen LogP contribution is -2.26. The normalized spacial score (nSPS) is 20.9. The predicted octanol–water partition coefficient (Wildman–Crippen LogP) is 3.54. The zero-order chi connectivity index (χ0) is 16.8. The molecule has 1 fully saturated rings. The first-order chi connectivity index (χ1) is 11.8. The first-order valence-electron chi connectivity index (χ1n) is 8.73. The molecule has 0 aromatic heterocycles. The van der Waals surface area contributed by atoms with Crippen LogP contribution in [0.4, 0.5) is 0 Å². The van der Waals surface area contributed by atoms with Crippen LogP contribution in [0.1, 0.15) is 18.1 Å². The molecule has 1 aliphatic rings. The molecule has 0 amide bonds. The highest BCUT2D eigenvalue weighted by molar-refractivity contribution is 5.73. The molecule has 2 aromatic rings. The zero-order valence-corrected chi connectivity index (χ0v) is 14.2. The predicted molar refractivity (Wildman–Crippen MR) is 95.5 cm³/mol. The van der Waals surface area contributed by atoms with E-state index in [4.69, 9.17) is 4.74 Å². The fourth-order valence-corrected chi connectivity index (χ4v) is 3.57. The van der Waals surface area contributed by atoms with Gasteiger partial charge in [-0.3, -0.25) is 9.69 Å². The van der Waals surface area contributed by atoms with Crippen molar-refractivity contribution < 1.29 is 9.53 Å². The van der Waals surface area contributed by atoms with Crippen LogP contribution in [0.3, 0.4) is 0 Å². The Morgan fingerprint density at radius 3 is 2.25 bits per heavy atom. The number of nitrogens with zero attached hydrogens (tertiary/aromatic N) is 1. The van der Waals surface area contributed by atoms with Crippen molar-refractivity contribution in [2.45, 2.75) is 19.9 Å². The smallest absolute Gasteiger partial charge is 0.310 e. The Morgan fingerprint density at radius 1 is 1.00 bits per heavy atom. The summed E-state index contributed by atoms with van der Waals surface area (Å²) in [5.74, 6) is 0.234. The summed E-state index contributed by atoms with van der Waals surface area (Å²) in [6.45, 7) is 4.94. The third-order valence-corrected chi connectivity index (χ3v) is 4.70. The summed E-state index contributed by atoms with van der Waals surface area (Å²) in [7, 11) is 0. The Hall–Kier alpha value is -2.13. The minimum Gasteiger partial charge on any atom is -0.466 e. The highest BCUT2D eigenvalue weighted by Gasteiger charge is 2.38. The van der Waals surface area contributed by atoms with Gasteiger partial charge >= 0.3 is 5.97 Å². The van der Waals surface area contributed by atoms with E-state index in [-0.39, 0.29) is 11.9 Å². The van der Waals surface area contributed by atoms with Gasteiger partial charge in [-0.05, 0) is 30.4 Å². The van der Waals surface area contributed by atoms with Crippen LogP contribution in [0, 0.1) is 11.8 Å². The first kappa shape index (κ1) is 16.7. The molecule has 0 radical (unpaired) electrons. The second kappa shape index (κ2) is 8.11. The molecule has 3 rings (SSSR count). The van der Waals surface area contributed by atoms with Gasteiger partial charge in [-0.2, -0.15) is 0 Å². The summed E-state index contributed by atoms with van der Waals surface area (Å²) in [5.41, 5.74) is 2.58. The Kier molecular flexibility index (Phi) is 5.65. The average molecular weight is 323 g/mol. The summed E-state index contributed by atoms with van der Waals surface area (Å²) < 4.78 is 5.33. The van der Waals surface area contributed by atoms with Gasteiger partial charge in [0, 0.05) is 19.6 Å². The van der Waals surface area contributed by atoms with E-state index in [1.807, 2.05) is 19.1 Å². The van der Waals surface area contributed by atoms with Crippen molar-refractivity contribution >= 4 is 5.97 Å². The largest absolute Gasteiger partial charge is 0.466 e. The van der Waals surface area contributed by atoms with Crippen molar-refractivity contribution in [3.05, 3.63) is 71.8 Å². The van der Waals surface area contributed by atoms with Crippen molar-refractivity contribution in [1.29, 1.82) is 0 Å². The Labute approximate surface area is 144 Å². The van der Waals surface area contributed by atoms with Crippen LogP contribution in [0.25, 0.3) is 0 Å². The van der Waals surface area contributed by atoms with Crippen LogP contribution >= 0.6 is 0 Å². The molecule has 3 heteroatoms. The molecule has 3 nitrogen and oxygen atoms in total. The Bertz CT molecular complexity index is 641. The average Bonchev–Trinajstić information content (AvgIpc) is 2.99. The number of ether oxygens (including phenoxy) is 1. The van der Waals surface area contributed by atoms with E-state index in [0.29, 0.717) is 12.5 Å².